The topological polar surface area (TPSA) is 81.1 Å². The maximum absolute atomic E-state index is 13.4. The molecule has 6 nitrogen and oxygen atoms in total. The predicted molar refractivity (Wildman–Crippen MR) is 133 cm³/mol. The van der Waals surface area contributed by atoms with Crippen molar-refractivity contribution in [1.29, 1.82) is 0 Å². The fourth-order valence-electron chi connectivity index (χ4n) is 3.56. The van der Waals surface area contributed by atoms with Gasteiger partial charge in [-0.25, -0.2) is 4.98 Å². The van der Waals surface area contributed by atoms with Crippen LogP contribution in [0.1, 0.15) is 28.4 Å². The number of carbonyl (C=O) groups is 2. The molecule has 0 unspecified atom stereocenters. The molecule has 0 saturated carbocycles. The number of nitrogens with one attached hydrogen (secondary N) is 1. The Morgan fingerprint density at radius 2 is 1.70 bits per heavy atom. The van der Waals surface area contributed by atoms with E-state index in [1.165, 1.54) is 18.7 Å². The molecule has 4 rings (SSSR count). The van der Waals surface area contributed by atoms with E-state index >= 15 is 0 Å². The number of fused-ring (bicyclic) bond motifs is 1. The average molecular weight is 458 g/mol. The summed E-state index contributed by atoms with van der Waals surface area (Å²) in [4.78, 5) is 42.2. The van der Waals surface area contributed by atoms with E-state index in [4.69, 9.17) is 4.98 Å². The fourth-order valence-corrected chi connectivity index (χ4v) is 4.46. The molecule has 1 N–H and O–H groups in total. The second-order valence-corrected chi connectivity index (χ2v) is 8.68. The Labute approximate surface area is 195 Å². The Bertz CT molecular complexity index is 1430. The number of benzene rings is 3. The number of ketones is 1. The van der Waals surface area contributed by atoms with Crippen molar-refractivity contribution in [3.8, 4) is 5.69 Å². The maximum atomic E-state index is 13.4. The van der Waals surface area contributed by atoms with E-state index in [0.717, 1.165) is 16.8 Å². The molecule has 166 valence electrons. The van der Waals surface area contributed by atoms with Crippen LogP contribution in [-0.4, -0.2) is 27.0 Å². The largest absolute Gasteiger partial charge is 0.326 e. The van der Waals surface area contributed by atoms with E-state index in [2.05, 4.69) is 5.32 Å². The Balaban J connectivity index is 1.70. The lowest BCUT2D eigenvalue weighted by Gasteiger charge is -2.16. The van der Waals surface area contributed by atoms with Gasteiger partial charge >= 0.3 is 0 Å². The minimum absolute atomic E-state index is 0.0932. The first-order valence-corrected chi connectivity index (χ1v) is 11.5. The van der Waals surface area contributed by atoms with Gasteiger partial charge in [-0.1, -0.05) is 36.0 Å². The van der Waals surface area contributed by atoms with Crippen molar-refractivity contribution in [3.05, 3.63) is 93.8 Å². The highest BCUT2D eigenvalue weighted by atomic mass is 32.2. The van der Waals surface area contributed by atoms with Crippen LogP contribution in [0.5, 0.6) is 0 Å². The Hall–Kier alpha value is -3.71. The van der Waals surface area contributed by atoms with E-state index < -0.39 is 0 Å². The first kappa shape index (κ1) is 22.5. The molecule has 0 spiro atoms. The molecule has 0 fully saturated rings. The van der Waals surface area contributed by atoms with Crippen LogP contribution >= 0.6 is 11.8 Å². The van der Waals surface area contributed by atoms with Crippen LogP contribution in [0.15, 0.2) is 76.7 Å². The van der Waals surface area contributed by atoms with E-state index in [1.807, 2.05) is 44.2 Å². The van der Waals surface area contributed by atoms with E-state index in [9.17, 15) is 14.4 Å². The Morgan fingerprint density at radius 1 is 0.970 bits per heavy atom. The van der Waals surface area contributed by atoms with Crippen LogP contribution in [0.4, 0.5) is 5.69 Å². The minimum Gasteiger partial charge on any atom is -0.326 e. The average Bonchev–Trinajstić information content (AvgIpc) is 2.80. The molecule has 0 aliphatic rings. The Kier molecular flexibility index (Phi) is 6.42. The molecule has 0 radical (unpaired) electrons. The smallest absolute Gasteiger partial charge is 0.266 e. The number of para-hydroxylation sites is 1. The standard InChI is InChI=1S/C26H23N3O3S/c1-16-7-6-10-23(17(16)2)29-25(32)21-8-4-5-9-22(21)28-26(29)33-15-24(31)19-11-13-20(14-12-19)27-18(3)30/h4-14H,15H2,1-3H3,(H,27,30). The van der Waals surface area contributed by atoms with Gasteiger partial charge in [0.1, 0.15) is 0 Å². The summed E-state index contributed by atoms with van der Waals surface area (Å²) in [6.07, 6.45) is 0. The molecule has 3 aromatic carbocycles. The number of carbonyl (C=O) groups excluding carboxylic acids is 2. The van der Waals surface area contributed by atoms with E-state index in [0.29, 0.717) is 27.3 Å². The number of aryl methyl sites for hydroxylation is 1. The molecule has 0 bridgehead atoms. The SMILES string of the molecule is CC(=O)Nc1ccc(C(=O)CSc2nc3ccccc3c(=O)n2-c2cccc(C)c2C)cc1. The number of Topliss-reactive ketones (excluding diaryl/α,β-unsaturated/α-hetero) is 1. The quantitative estimate of drug-likeness (QED) is 0.252. The van der Waals surface area contributed by atoms with Crippen molar-refractivity contribution < 1.29 is 9.59 Å². The second kappa shape index (κ2) is 9.42. The third-order valence-corrected chi connectivity index (χ3v) is 6.36. The third-order valence-electron chi connectivity index (χ3n) is 5.42. The molecule has 0 atom stereocenters. The van der Waals surface area contributed by atoms with E-state index in [-0.39, 0.29) is 23.0 Å². The summed E-state index contributed by atoms with van der Waals surface area (Å²) in [6, 6.07) is 19.8. The van der Waals surface area contributed by atoms with Gasteiger partial charge in [-0.15, -0.1) is 0 Å². The minimum atomic E-state index is -0.170. The van der Waals surface area contributed by atoms with Gasteiger partial charge in [0.05, 0.1) is 22.3 Å². The Morgan fingerprint density at radius 3 is 2.42 bits per heavy atom. The molecule has 33 heavy (non-hydrogen) atoms. The summed E-state index contributed by atoms with van der Waals surface area (Å²) in [7, 11) is 0. The first-order valence-electron chi connectivity index (χ1n) is 10.5. The number of amides is 1. The van der Waals surface area contributed by atoms with E-state index in [1.54, 1.807) is 41.0 Å². The highest BCUT2D eigenvalue weighted by Gasteiger charge is 2.17. The van der Waals surface area contributed by atoms with Crippen LogP contribution < -0.4 is 10.9 Å². The van der Waals surface area contributed by atoms with Crippen molar-refractivity contribution in [2.24, 2.45) is 0 Å². The molecule has 1 aromatic heterocycles. The van der Waals surface area contributed by atoms with Crippen LogP contribution in [0, 0.1) is 13.8 Å². The van der Waals surface area contributed by atoms with Crippen LogP contribution in [0.3, 0.4) is 0 Å². The number of thioether (sulfide) groups is 1. The summed E-state index contributed by atoms with van der Waals surface area (Å²) < 4.78 is 1.60. The van der Waals surface area contributed by atoms with Gasteiger partial charge in [-0.3, -0.25) is 19.0 Å². The summed E-state index contributed by atoms with van der Waals surface area (Å²) >= 11 is 1.24. The maximum Gasteiger partial charge on any atom is 0.266 e. The molecule has 0 aliphatic heterocycles. The third kappa shape index (κ3) is 4.73. The van der Waals surface area contributed by atoms with Crippen molar-refractivity contribution in [3.63, 3.8) is 0 Å². The predicted octanol–water partition coefficient (Wildman–Crippen LogP) is 4.94. The number of hydrogen-bond acceptors (Lipinski definition) is 5. The molecule has 1 amide bonds. The first-order chi connectivity index (χ1) is 15.8. The van der Waals surface area contributed by atoms with Gasteiger partial charge in [0, 0.05) is 18.2 Å². The highest BCUT2D eigenvalue weighted by molar-refractivity contribution is 7.99. The molecule has 4 aromatic rings. The molecule has 0 aliphatic carbocycles. The molecule has 1 heterocycles. The van der Waals surface area contributed by atoms with Crippen molar-refractivity contribution >= 4 is 40.0 Å². The van der Waals surface area contributed by atoms with Gasteiger partial charge in [0.2, 0.25) is 5.91 Å². The van der Waals surface area contributed by atoms with Gasteiger partial charge < -0.3 is 5.32 Å². The fraction of sp³-hybridized carbons (Fsp3) is 0.154. The summed E-state index contributed by atoms with van der Waals surface area (Å²) in [6.45, 7) is 5.41. The number of hydrogen-bond donors (Lipinski definition) is 1. The monoisotopic (exact) mass is 457 g/mol. The van der Waals surface area contributed by atoms with Crippen LogP contribution in [0.25, 0.3) is 16.6 Å². The number of nitrogens with zero attached hydrogens (tertiary/aromatic N) is 2. The lowest BCUT2D eigenvalue weighted by molar-refractivity contribution is -0.114. The van der Waals surface area contributed by atoms with Gasteiger partial charge in [-0.05, 0) is 67.4 Å². The zero-order chi connectivity index (χ0) is 23.5. The van der Waals surface area contributed by atoms with Gasteiger partial charge in [0.15, 0.2) is 10.9 Å². The number of rotatable bonds is 6. The lowest BCUT2D eigenvalue weighted by atomic mass is 10.1. The van der Waals surface area contributed by atoms with Crippen molar-refractivity contribution in [2.75, 3.05) is 11.1 Å². The normalized spacial score (nSPS) is 10.9. The zero-order valence-electron chi connectivity index (χ0n) is 18.6. The number of anilines is 1. The zero-order valence-corrected chi connectivity index (χ0v) is 19.4. The van der Waals surface area contributed by atoms with Crippen LogP contribution in [0.2, 0.25) is 0 Å². The number of aromatic nitrogens is 2. The molecular weight excluding hydrogens is 434 g/mol. The molecule has 7 heteroatoms. The van der Waals surface area contributed by atoms with Gasteiger partial charge in [-0.2, -0.15) is 0 Å². The summed E-state index contributed by atoms with van der Waals surface area (Å²) in [5.41, 5.74) is 4.40. The highest BCUT2D eigenvalue weighted by Crippen LogP contribution is 2.25. The summed E-state index contributed by atoms with van der Waals surface area (Å²) in [5.74, 6) is -0.143. The summed E-state index contributed by atoms with van der Waals surface area (Å²) in [5, 5.41) is 3.68. The van der Waals surface area contributed by atoms with Crippen molar-refractivity contribution in [2.45, 2.75) is 25.9 Å². The molecular formula is C26H23N3O3S. The van der Waals surface area contributed by atoms with Crippen LogP contribution in [-0.2, 0) is 4.79 Å². The van der Waals surface area contributed by atoms with Crippen molar-refractivity contribution in [1.82, 2.24) is 9.55 Å². The lowest BCUT2D eigenvalue weighted by Crippen LogP contribution is -2.23. The second-order valence-electron chi connectivity index (χ2n) is 7.74. The molecule has 0 saturated heterocycles. The van der Waals surface area contributed by atoms with Gasteiger partial charge in [0.25, 0.3) is 5.56 Å².